The van der Waals surface area contributed by atoms with E-state index < -0.39 is 22.0 Å². The van der Waals surface area contributed by atoms with Crippen LogP contribution in [0.4, 0.5) is 5.69 Å². The molecule has 2 heterocycles. The number of nitrogens with one attached hydrogen (secondary N) is 3. The molecule has 0 aromatic heterocycles. The van der Waals surface area contributed by atoms with Crippen LogP contribution in [0.3, 0.4) is 0 Å². The number of carbonyl (C=O) groups is 4. The van der Waals surface area contributed by atoms with Gasteiger partial charge in [-0.05, 0) is 54.4 Å². The maximum atomic E-state index is 12.7. The number of rotatable bonds is 5. The highest BCUT2D eigenvalue weighted by Crippen LogP contribution is 2.30. The Morgan fingerprint density at radius 3 is 2.47 bits per heavy atom. The molecule has 0 spiro atoms. The Labute approximate surface area is 184 Å². The van der Waals surface area contributed by atoms with Crippen LogP contribution in [0.1, 0.15) is 39.1 Å². The van der Waals surface area contributed by atoms with E-state index in [0.29, 0.717) is 16.7 Å². The van der Waals surface area contributed by atoms with Crippen LogP contribution in [0.25, 0.3) is 0 Å². The zero-order chi connectivity index (χ0) is 23.0. The Hall–Kier alpha value is -3.73. The van der Waals surface area contributed by atoms with Gasteiger partial charge in [-0.15, -0.1) is 0 Å². The molecule has 1 saturated heterocycles. The van der Waals surface area contributed by atoms with E-state index in [2.05, 4.69) is 15.4 Å². The lowest BCUT2D eigenvalue weighted by atomic mass is 10.0. The maximum Gasteiger partial charge on any atom is 0.261 e. The second kappa shape index (κ2) is 8.08. The van der Waals surface area contributed by atoms with Crippen LogP contribution in [0.5, 0.6) is 0 Å². The lowest BCUT2D eigenvalue weighted by Crippen LogP contribution is -2.52. The molecule has 1 fully saturated rings. The van der Waals surface area contributed by atoms with E-state index in [-0.39, 0.29) is 47.7 Å². The molecule has 2 aliphatic heterocycles. The summed E-state index contributed by atoms with van der Waals surface area (Å²) in [5.41, 5.74) is 1.55. The van der Waals surface area contributed by atoms with Crippen LogP contribution >= 0.6 is 0 Å². The number of hydrogen-bond acceptors (Lipinski definition) is 6. The predicted octanol–water partition coefficient (Wildman–Crippen LogP) is 0.608. The molecule has 0 bridgehead atoms. The van der Waals surface area contributed by atoms with Gasteiger partial charge in [0.2, 0.25) is 11.8 Å². The zero-order valence-electron chi connectivity index (χ0n) is 17.0. The number of nitrogens with zero attached hydrogens (tertiary/aromatic N) is 1. The molecular formula is C21H20N4O6S. The average Bonchev–Trinajstić information content (AvgIpc) is 3.08. The molecule has 0 radical (unpaired) electrons. The van der Waals surface area contributed by atoms with E-state index in [4.69, 9.17) is 0 Å². The monoisotopic (exact) mass is 456 g/mol. The Balaban J connectivity index is 1.52. The van der Waals surface area contributed by atoms with Gasteiger partial charge in [0.1, 0.15) is 6.04 Å². The minimum absolute atomic E-state index is 0.0214. The van der Waals surface area contributed by atoms with Crippen molar-refractivity contribution in [3.63, 3.8) is 0 Å². The Bertz CT molecular complexity index is 1240. The summed E-state index contributed by atoms with van der Waals surface area (Å²) in [6, 6.07) is 9.27. The van der Waals surface area contributed by atoms with Gasteiger partial charge in [-0.2, -0.15) is 0 Å². The highest BCUT2D eigenvalue weighted by Gasteiger charge is 2.39. The third kappa shape index (κ3) is 3.94. The first kappa shape index (κ1) is 21.5. The van der Waals surface area contributed by atoms with Crippen molar-refractivity contribution in [2.24, 2.45) is 0 Å². The molecule has 2 aliphatic rings. The topological polar surface area (TPSA) is 142 Å². The molecule has 10 nitrogen and oxygen atoms in total. The van der Waals surface area contributed by atoms with Crippen LogP contribution < -0.4 is 15.4 Å². The fourth-order valence-electron chi connectivity index (χ4n) is 3.78. The molecule has 3 N–H and O–H groups in total. The molecule has 0 aliphatic carbocycles. The SMILES string of the molecule is CNC(=O)c1ccc(S(=O)(=O)Nc2ccc3c(c2)CN(C2CCC(=O)NC2=O)C3=O)cc1. The number of sulfonamides is 1. The molecule has 1 unspecified atom stereocenters. The van der Waals surface area contributed by atoms with Crippen LogP contribution in [-0.2, 0) is 26.2 Å². The normalized spacial score (nSPS) is 18.2. The van der Waals surface area contributed by atoms with Crippen molar-refractivity contribution >= 4 is 39.3 Å². The minimum atomic E-state index is -3.92. The summed E-state index contributed by atoms with van der Waals surface area (Å²) < 4.78 is 27.9. The summed E-state index contributed by atoms with van der Waals surface area (Å²) in [5, 5.41) is 4.70. The number of amides is 4. The van der Waals surface area contributed by atoms with Crippen molar-refractivity contribution < 1.29 is 27.6 Å². The van der Waals surface area contributed by atoms with Gasteiger partial charge in [0.25, 0.3) is 21.8 Å². The summed E-state index contributed by atoms with van der Waals surface area (Å²) in [6.45, 7) is 0.136. The first-order chi connectivity index (χ1) is 15.2. The standard InChI is InChI=1S/C21H20N4O6S/c1-22-19(27)12-2-5-15(6-3-12)32(30,31)24-14-4-7-16-13(10-14)11-25(21(16)29)17-8-9-18(26)23-20(17)28/h2-7,10,17,24H,8-9,11H2,1H3,(H,22,27)(H,23,26,28). The van der Waals surface area contributed by atoms with E-state index in [1.165, 1.54) is 48.3 Å². The summed E-state index contributed by atoms with van der Waals surface area (Å²) in [7, 11) is -2.44. The van der Waals surface area contributed by atoms with E-state index in [9.17, 15) is 27.6 Å². The maximum absolute atomic E-state index is 12.7. The van der Waals surface area contributed by atoms with Crippen LogP contribution in [-0.4, -0.2) is 50.0 Å². The third-order valence-corrected chi connectivity index (χ3v) is 6.83. The van der Waals surface area contributed by atoms with Gasteiger partial charge in [-0.1, -0.05) is 0 Å². The second-order valence-electron chi connectivity index (χ2n) is 7.48. The lowest BCUT2D eigenvalue weighted by molar-refractivity contribution is -0.136. The fraction of sp³-hybridized carbons (Fsp3) is 0.238. The highest BCUT2D eigenvalue weighted by molar-refractivity contribution is 7.92. The number of imide groups is 1. The van der Waals surface area contributed by atoms with E-state index in [1.54, 1.807) is 6.07 Å². The first-order valence-electron chi connectivity index (χ1n) is 9.82. The molecule has 166 valence electrons. The number of piperidine rings is 1. The predicted molar refractivity (Wildman–Crippen MR) is 113 cm³/mol. The van der Waals surface area contributed by atoms with Crippen LogP contribution in [0.2, 0.25) is 0 Å². The largest absolute Gasteiger partial charge is 0.355 e. The Kier molecular flexibility index (Phi) is 5.43. The second-order valence-corrected chi connectivity index (χ2v) is 9.16. The molecule has 4 rings (SSSR count). The number of hydrogen-bond donors (Lipinski definition) is 3. The Morgan fingerprint density at radius 1 is 1.09 bits per heavy atom. The number of carbonyl (C=O) groups excluding carboxylic acids is 4. The van der Waals surface area contributed by atoms with Crippen molar-refractivity contribution in [3.8, 4) is 0 Å². The summed E-state index contributed by atoms with van der Waals surface area (Å²) in [4.78, 5) is 49.3. The zero-order valence-corrected chi connectivity index (χ0v) is 17.9. The van der Waals surface area contributed by atoms with E-state index in [1.807, 2.05) is 0 Å². The Morgan fingerprint density at radius 2 is 1.81 bits per heavy atom. The molecule has 2 aromatic rings. The molecule has 0 saturated carbocycles. The number of fused-ring (bicyclic) bond motifs is 1. The molecule has 1 atom stereocenters. The summed E-state index contributed by atoms with van der Waals surface area (Å²) in [5.74, 6) is -1.54. The van der Waals surface area contributed by atoms with Gasteiger partial charge < -0.3 is 10.2 Å². The average molecular weight is 456 g/mol. The number of anilines is 1. The van der Waals surface area contributed by atoms with Crippen molar-refractivity contribution in [3.05, 3.63) is 59.2 Å². The third-order valence-electron chi connectivity index (χ3n) is 5.43. The number of benzene rings is 2. The lowest BCUT2D eigenvalue weighted by Gasteiger charge is -2.29. The van der Waals surface area contributed by atoms with Gasteiger partial charge in [0, 0.05) is 36.8 Å². The highest BCUT2D eigenvalue weighted by atomic mass is 32.2. The van der Waals surface area contributed by atoms with Crippen LogP contribution in [0, 0.1) is 0 Å². The molecule has 4 amide bonds. The van der Waals surface area contributed by atoms with Gasteiger partial charge in [-0.25, -0.2) is 8.42 Å². The summed E-state index contributed by atoms with van der Waals surface area (Å²) in [6.07, 6.45) is 0.399. The minimum Gasteiger partial charge on any atom is -0.355 e. The van der Waals surface area contributed by atoms with Gasteiger partial charge in [-0.3, -0.25) is 29.2 Å². The van der Waals surface area contributed by atoms with Crippen molar-refractivity contribution in [1.82, 2.24) is 15.5 Å². The van der Waals surface area contributed by atoms with Gasteiger partial charge in [0.05, 0.1) is 4.90 Å². The van der Waals surface area contributed by atoms with Gasteiger partial charge in [0.15, 0.2) is 0 Å². The fourth-order valence-corrected chi connectivity index (χ4v) is 4.83. The van der Waals surface area contributed by atoms with Crippen molar-refractivity contribution in [2.75, 3.05) is 11.8 Å². The van der Waals surface area contributed by atoms with Gasteiger partial charge >= 0.3 is 0 Å². The molecule has 2 aromatic carbocycles. The van der Waals surface area contributed by atoms with Crippen molar-refractivity contribution in [1.29, 1.82) is 0 Å². The molecule has 32 heavy (non-hydrogen) atoms. The van der Waals surface area contributed by atoms with Crippen LogP contribution in [0.15, 0.2) is 47.4 Å². The summed E-state index contributed by atoms with van der Waals surface area (Å²) >= 11 is 0. The quantitative estimate of drug-likeness (QED) is 0.563. The van der Waals surface area contributed by atoms with E-state index >= 15 is 0 Å². The smallest absolute Gasteiger partial charge is 0.261 e. The molecule has 11 heteroatoms. The van der Waals surface area contributed by atoms with Crippen molar-refractivity contribution in [2.45, 2.75) is 30.3 Å². The van der Waals surface area contributed by atoms with E-state index in [0.717, 1.165) is 0 Å². The first-order valence-corrected chi connectivity index (χ1v) is 11.3. The molecular weight excluding hydrogens is 436 g/mol.